The Bertz CT molecular complexity index is 294. The van der Waals surface area contributed by atoms with Crippen LogP contribution in [-0.4, -0.2) is 6.54 Å². The van der Waals surface area contributed by atoms with Crippen LogP contribution in [0.15, 0.2) is 12.1 Å². The quantitative estimate of drug-likeness (QED) is 0.761. The lowest BCUT2D eigenvalue weighted by atomic mass is 10.0. The van der Waals surface area contributed by atoms with Crippen molar-refractivity contribution in [1.82, 2.24) is 0 Å². The summed E-state index contributed by atoms with van der Waals surface area (Å²) < 4.78 is 13.5. The fraction of sp³-hybridized carbons (Fsp3) is 0.455. The average molecular weight is 181 g/mol. The highest BCUT2D eigenvalue weighted by atomic mass is 19.1. The van der Waals surface area contributed by atoms with Crippen LogP contribution in [0, 0.1) is 19.7 Å². The molecule has 1 rings (SSSR count). The van der Waals surface area contributed by atoms with Gasteiger partial charge in [-0.05, 0) is 44.4 Å². The van der Waals surface area contributed by atoms with Crippen molar-refractivity contribution in [1.29, 1.82) is 0 Å². The summed E-state index contributed by atoms with van der Waals surface area (Å²) in [5.41, 5.74) is 8.02. The maximum atomic E-state index is 13.5. The first-order valence-corrected chi connectivity index (χ1v) is 4.61. The van der Waals surface area contributed by atoms with Gasteiger partial charge >= 0.3 is 0 Å². The third-order valence-electron chi connectivity index (χ3n) is 2.12. The fourth-order valence-electron chi connectivity index (χ4n) is 1.51. The summed E-state index contributed by atoms with van der Waals surface area (Å²) in [6, 6.07) is 3.76. The SMILES string of the molecule is Cc1cc(C)c(F)c(CCCN)c1. The molecule has 0 aliphatic heterocycles. The summed E-state index contributed by atoms with van der Waals surface area (Å²) in [5.74, 6) is -0.0703. The van der Waals surface area contributed by atoms with Crippen molar-refractivity contribution >= 4 is 0 Å². The van der Waals surface area contributed by atoms with Gasteiger partial charge in [0.15, 0.2) is 0 Å². The fourth-order valence-corrected chi connectivity index (χ4v) is 1.51. The lowest BCUT2D eigenvalue weighted by Crippen LogP contribution is -2.02. The number of rotatable bonds is 3. The molecule has 1 aromatic carbocycles. The molecule has 0 fully saturated rings. The van der Waals surface area contributed by atoms with E-state index in [0.29, 0.717) is 6.54 Å². The van der Waals surface area contributed by atoms with Crippen LogP contribution in [-0.2, 0) is 6.42 Å². The predicted molar refractivity (Wildman–Crippen MR) is 53.2 cm³/mol. The second-order valence-electron chi connectivity index (χ2n) is 3.45. The molecule has 0 atom stereocenters. The molecule has 0 saturated heterocycles. The topological polar surface area (TPSA) is 26.0 Å². The Hall–Kier alpha value is -0.890. The minimum Gasteiger partial charge on any atom is -0.330 e. The van der Waals surface area contributed by atoms with Crippen molar-refractivity contribution in [3.8, 4) is 0 Å². The maximum absolute atomic E-state index is 13.5. The standard InChI is InChI=1S/C11H16FN/c1-8-6-9(2)11(12)10(7-8)4-3-5-13/h6-7H,3-5,13H2,1-2H3. The molecule has 2 heteroatoms. The highest BCUT2D eigenvalue weighted by Gasteiger charge is 2.05. The van der Waals surface area contributed by atoms with E-state index in [0.717, 1.165) is 29.5 Å². The molecule has 13 heavy (non-hydrogen) atoms. The molecule has 0 bridgehead atoms. The van der Waals surface area contributed by atoms with E-state index in [1.165, 1.54) is 0 Å². The summed E-state index contributed by atoms with van der Waals surface area (Å²) in [6.45, 7) is 4.40. The lowest BCUT2D eigenvalue weighted by Gasteiger charge is -2.06. The lowest BCUT2D eigenvalue weighted by molar-refractivity contribution is 0.596. The van der Waals surface area contributed by atoms with Gasteiger partial charge in [-0.15, -0.1) is 0 Å². The van der Waals surface area contributed by atoms with E-state index < -0.39 is 0 Å². The summed E-state index contributed by atoms with van der Waals surface area (Å²) in [4.78, 5) is 0. The van der Waals surface area contributed by atoms with Gasteiger partial charge in [0.2, 0.25) is 0 Å². The third kappa shape index (κ3) is 2.52. The molecular formula is C11H16FN. The van der Waals surface area contributed by atoms with E-state index in [4.69, 9.17) is 5.73 Å². The molecule has 2 N–H and O–H groups in total. The third-order valence-corrected chi connectivity index (χ3v) is 2.12. The first kappa shape index (κ1) is 10.2. The minimum absolute atomic E-state index is 0.0703. The Labute approximate surface area is 78.8 Å². The van der Waals surface area contributed by atoms with E-state index in [9.17, 15) is 4.39 Å². The number of hydrogen-bond acceptors (Lipinski definition) is 1. The summed E-state index contributed by atoms with van der Waals surface area (Å²) in [5, 5.41) is 0. The van der Waals surface area contributed by atoms with E-state index in [1.807, 2.05) is 19.1 Å². The first-order chi connectivity index (χ1) is 6.15. The number of hydrogen-bond donors (Lipinski definition) is 1. The normalized spacial score (nSPS) is 10.5. The van der Waals surface area contributed by atoms with Crippen LogP contribution < -0.4 is 5.73 Å². The first-order valence-electron chi connectivity index (χ1n) is 4.61. The van der Waals surface area contributed by atoms with Crippen LogP contribution in [0.25, 0.3) is 0 Å². The van der Waals surface area contributed by atoms with Gasteiger partial charge in [-0.25, -0.2) is 4.39 Å². The van der Waals surface area contributed by atoms with Crippen LogP contribution in [0.4, 0.5) is 4.39 Å². The average Bonchev–Trinajstić information content (AvgIpc) is 2.09. The van der Waals surface area contributed by atoms with Gasteiger partial charge in [-0.3, -0.25) is 0 Å². The Kier molecular flexibility index (Phi) is 3.43. The molecule has 0 radical (unpaired) electrons. The molecule has 0 heterocycles. The Morgan fingerprint density at radius 1 is 1.31 bits per heavy atom. The summed E-state index contributed by atoms with van der Waals surface area (Å²) in [6.07, 6.45) is 1.59. The Morgan fingerprint density at radius 2 is 2.00 bits per heavy atom. The Balaban J connectivity index is 2.92. The highest BCUT2D eigenvalue weighted by molar-refractivity contribution is 5.30. The highest BCUT2D eigenvalue weighted by Crippen LogP contribution is 2.16. The smallest absolute Gasteiger partial charge is 0.129 e. The molecular weight excluding hydrogens is 165 g/mol. The van der Waals surface area contributed by atoms with E-state index >= 15 is 0 Å². The van der Waals surface area contributed by atoms with E-state index in [-0.39, 0.29) is 5.82 Å². The zero-order valence-corrected chi connectivity index (χ0v) is 8.23. The summed E-state index contributed by atoms with van der Waals surface area (Å²) in [7, 11) is 0. The van der Waals surface area contributed by atoms with Gasteiger partial charge in [0.1, 0.15) is 5.82 Å². The van der Waals surface area contributed by atoms with Crippen molar-refractivity contribution in [2.45, 2.75) is 26.7 Å². The van der Waals surface area contributed by atoms with Gasteiger partial charge in [0, 0.05) is 0 Å². The van der Waals surface area contributed by atoms with Crippen LogP contribution in [0.2, 0.25) is 0 Å². The zero-order valence-electron chi connectivity index (χ0n) is 8.23. The van der Waals surface area contributed by atoms with Gasteiger partial charge in [-0.1, -0.05) is 17.7 Å². The van der Waals surface area contributed by atoms with Crippen LogP contribution in [0.3, 0.4) is 0 Å². The van der Waals surface area contributed by atoms with Gasteiger partial charge < -0.3 is 5.73 Å². The number of aryl methyl sites for hydroxylation is 3. The van der Waals surface area contributed by atoms with Gasteiger partial charge in [0.25, 0.3) is 0 Å². The minimum atomic E-state index is -0.0703. The largest absolute Gasteiger partial charge is 0.330 e. The molecule has 0 aliphatic carbocycles. The predicted octanol–water partition coefficient (Wildman–Crippen LogP) is 2.33. The zero-order chi connectivity index (χ0) is 9.84. The van der Waals surface area contributed by atoms with Crippen molar-refractivity contribution in [3.63, 3.8) is 0 Å². The maximum Gasteiger partial charge on any atom is 0.129 e. The van der Waals surface area contributed by atoms with Crippen LogP contribution >= 0.6 is 0 Å². The molecule has 0 unspecified atom stereocenters. The van der Waals surface area contributed by atoms with Gasteiger partial charge in [0.05, 0.1) is 0 Å². The molecule has 0 saturated carbocycles. The monoisotopic (exact) mass is 181 g/mol. The van der Waals surface area contributed by atoms with E-state index in [1.54, 1.807) is 6.92 Å². The number of benzene rings is 1. The molecule has 0 amide bonds. The Morgan fingerprint density at radius 3 is 2.62 bits per heavy atom. The molecule has 0 spiro atoms. The van der Waals surface area contributed by atoms with Crippen LogP contribution in [0.5, 0.6) is 0 Å². The molecule has 0 aliphatic rings. The second-order valence-corrected chi connectivity index (χ2v) is 3.45. The molecule has 1 aromatic rings. The summed E-state index contributed by atoms with van der Waals surface area (Å²) >= 11 is 0. The van der Waals surface area contributed by atoms with Crippen molar-refractivity contribution in [2.75, 3.05) is 6.54 Å². The number of nitrogens with two attached hydrogens (primary N) is 1. The molecule has 72 valence electrons. The van der Waals surface area contributed by atoms with Crippen molar-refractivity contribution < 1.29 is 4.39 Å². The van der Waals surface area contributed by atoms with Crippen LogP contribution in [0.1, 0.15) is 23.1 Å². The van der Waals surface area contributed by atoms with Gasteiger partial charge in [-0.2, -0.15) is 0 Å². The van der Waals surface area contributed by atoms with E-state index in [2.05, 4.69) is 0 Å². The molecule has 1 nitrogen and oxygen atoms in total. The van der Waals surface area contributed by atoms with Crippen molar-refractivity contribution in [2.24, 2.45) is 5.73 Å². The number of halogens is 1. The molecule has 0 aromatic heterocycles. The second kappa shape index (κ2) is 4.38. The van der Waals surface area contributed by atoms with Crippen molar-refractivity contribution in [3.05, 3.63) is 34.6 Å².